The number of nitrogens with one attached hydrogen (secondary N) is 1. The third-order valence-electron chi connectivity index (χ3n) is 5.28. The van der Waals surface area contributed by atoms with E-state index in [0.717, 1.165) is 4.57 Å². The summed E-state index contributed by atoms with van der Waals surface area (Å²) < 4.78 is 16.0. The van der Waals surface area contributed by atoms with Gasteiger partial charge in [0.2, 0.25) is 0 Å². The number of benzene rings is 1. The van der Waals surface area contributed by atoms with E-state index >= 15 is 0 Å². The molecule has 4 rings (SSSR count). The predicted octanol–water partition coefficient (Wildman–Crippen LogP) is 1.40. The number of hydrogen-bond donors (Lipinski definition) is 1. The smallest absolute Gasteiger partial charge is 0.329 e. The lowest BCUT2D eigenvalue weighted by molar-refractivity contribution is 0.0633. The van der Waals surface area contributed by atoms with Gasteiger partial charge in [0, 0.05) is 39.9 Å². The highest BCUT2D eigenvalue weighted by molar-refractivity contribution is 5.97. The van der Waals surface area contributed by atoms with Crippen LogP contribution in [0.15, 0.2) is 46.1 Å². The summed E-state index contributed by atoms with van der Waals surface area (Å²) in [7, 11) is 2.91. The molecule has 1 unspecified atom stereocenters. The van der Waals surface area contributed by atoms with E-state index in [2.05, 4.69) is 10.3 Å². The normalized spacial score (nSPS) is 15.8. The third-order valence-corrected chi connectivity index (χ3v) is 5.28. The molecule has 1 N–H and O–H groups in total. The highest BCUT2D eigenvalue weighted by Gasteiger charge is 2.29. The van der Waals surface area contributed by atoms with Crippen molar-refractivity contribution < 1.29 is 9.18 Å². The van der Waals surface area contributed by atoms with Gasteiger partial charge in [-0.1, -0.05) is 12.1 Å². The van der Waals surface area contributed by atoms with Gasteiger partial charge in [0.15, 0.2) is 0 Å². The molecule has 1 aromatic carbocycles. The van der Waals surface area contributed by atoms with Crippen LogP contribution in [-0.4, -0.2) is 44.6 Å². The van der Waals surface area contributed by atoms with E-state index in [-0.39, 0.29) is 59.2 Å². The van der Waals surface area contributed by atoms with Crippen LogP contribution in [0.4, 0.5) is 4.39 Å². The second kappa shape index (κ2) is 9.59. The molecular formula is C20H22Cl2FN5O3. The molecule has 8 nitrogen and oxygen atoms in total. The molecule has 1 aliphatic rings. The number of aromatic nitrogens is 3. The van der Waals surface area contributed by atoms with Gasteiger partial charge in [-0.05, 0) is 23.8 Å². The summed E-state index contributed by atoms with van der Waals surface area (Å²) in [5.74, 6) is -0.664. The minimum absolute atomic E-state index is 0. The van der Waals surface area contributed by atoms with Crippen molar-refractivity contribution in [3.63, 3.8) is 0 Å². The topological polar surface area (TPSA) is 89.2 Å². The van der Waals surface area contributed by atoms with E-state index in [1.165, 1.54) is 43.1 Å². The first-order valence-corrected chi connectivity index (χ1v) is 9.21. The van der Waals surface area contributed by atoms with Gasteiger partial charge < -0.3 is 10.2 Å². The van der Waals surface area contributed by atoms with Gasteiger partial charge >= 0.3 is 5.69 Å². The van der Waals surface area contributed by atoms with Crippen molar-refractivity contribution in [3.8, 4) is 0 Å². The zero-order valence-electron chi connectivity index (χ0n) is 16.9. The van der Waals surface area contributed by atoms with E-state index in [1.807, 2.05) is 0 Å². The number of carbonyl (C=O) groups excluding carboxylic acids is 1. The number of hydrogen-bond acceptors (Lipinski definition) is 5. The SMILES string of the molecule is Cl.Cl.Cn1c(=O)c2cc(C(=O)N3CCNCC3c3cccc(F)c3)cnc2n(C)c1=O. The molecule has 1 fully saturated rings. The predicted molar refractivity (Wildman–Crippen MR) is 120 cm³/mol. The maximum Gasteiger partial charge on any atom is 0.332 e. The van der Waals surface area contributed by atoms with Crippen molar-refractivity contribution in [2.45, 2.75) is 6.04 Å². The highest BCUT2D eigenvalue weighted by atomic mass is 35.5. The number of halogens is 3. The second-order valence-electron chi connectivity index (χ2n) is 7.07. The molecule has 3 heterocycles. The van der Waals surface area contributed by atoms with Gasteiger partial charge in [0.05, 0.1) is 17.0 Å². The number of nitrogens with zero attached hydrogens (tertiary/aromatic N) is 4. The summed E-state index contributed by atoms with van der Waals surface area (Å²) in [5.41, 5.74) is 0.167. The maximum atomic E-state index is 13.7. The van der Waals surface area contributed by atoms with Crippen LogP contribution in [0.1, 0.15) is 22.0 Å². The number of pyridine rings is 1. The molecule has 0 spiro atoms. The Hall–Kier alpha value is -2.75. The van der Waals surface area contributed by atoms with Gasteiger partial charge in [-0.15, -0.1) is 24.8 Å². The van der Waals surface area contributed by atoms with Crippen LogP contribution >= 0.6 is 24.8 Å². The minimum Gasteiger partial charge on any atom is -0.329 e. The van der Waals surface area contributed by atoms with Crippen LogP contribution < -0.4 is 16.6 Å². The molecule has 2 aromatic heterocycles. The molecule has 0 aliphatic carbocycles. The molecule has 1 amide bonds. The average Bonchev–Trinajstić information content (AvgIpc) is 2.75. The zero-order chi connectivity index (χ0) is 20.7. The Bertz CT molecular complexity index is 1240. The van der Waals surface area contributed by atoms with E-state index in [9.17, 15) is 18.8 Å². The van der Waals surface area contributed by atoms with Crippen LogP contribution in [0.5, 0.6) is 0 Å². The Labute approximate surface area is 189 Å². The number of piperazine rings is 1. The summed E-state index contributed by atoms with van der Waals surface area (Å²) in [6.45, 7) is 1.53. The number of carbonyl (C=O) groups is 1. The van der Waals surface area contributed by atoms with Crippen molar-refractivity contribution in [1.82, 2.24) is 24.3 Å². The number of rotatable bonds is 2. The summed E-state index contributed by atoms with van der Waals surface area (Å²) in [4.78, 5) is 43.7. The van der Waals surface area contributed by atoms with E-state index in [4.69, 9.17) is 0 Å². The van der Waals surface area contributed by atoms with Crippen molar-refractivity contribution in [2.75, 3.05) is 19.6 Å². The van der Waals surface area contributed by atoms with Crippen molar-refractivity contribution in [3.05, 3.63) is 74.3 Å². The second-order valence-corrected chi connectivity index (χ2v) is 7.07. The molecule has 1 atom stereocenters. The monoisotopic (exact) mass is 469 g/mol. The molecule has 0 bridgehead atoms. The standard InChI is InChI=1S/C20H20FN5O3.2ClH/c1-24-17-15(19(28)25(2)20(24)29)9-13(10-23-17)18(27)26-7-6-22-11-16(26)12-4-3-5-14(21)8-12;;/h3-5,8-10,16,22H,6-7,11H2,1-2H3;2*1H. The molecule has 1 saturated heterocycles. The lowest BCUT2D eigenvalue weighted by Gasteiger charge is -2.36. The number of amides is 1. The molecule has 3 aromatic rings. The molecule has 1 aliphatic heterocycles. The van der Waals surface area contributed by atoms with E-state index in [1.54, 1.807) is 17.0 Å². The molecule has 0 radical (unpaired) electrons. The van der Waals surface area contributed by atoms with E-state index in [0.29, 0.717) is 25.2 Å². The molecular weight excluding hydrogens is 448 g/mol. The quantitative estimate of drug-likeness (QED) is 0.612. The van der Waals surface area contributed by atoms with Crippen molar-refractivity contribution in [1.29, 1.82) is 0 Å². The first kappa shape index (κ1) is 24.5. The molecule has 11 heteroatoms. The van der Waals surface area contributed by atoms with Gasteiger partial charge in [0.1, 0.15) is 11.5 Å². The van der Waals surface area contributed by atoms with Crippen LogP contribution in [0.25, 0.3) is 11.0 Å². The lowest BCUT2D eigenvalue weighted by atomic mass is 10.0. The summed E-state index contributed by atoms with van der Waals surface area (Å²) in [6.07, 6.45) is 1.37. The Morgan fingerprint density at radius 2 is 1.90 bits per heavy atom. The maximum absolute atomic E-state index is 13.7. The Balaban J connectivity index is 0.00000171. The number of aryl methyl sites for hydroxylation is 1. The third kappa shape index (κ3) is 4.34. The van der Waals surface area contributed by atoms with Gasteiger partial charge in [-0.2, -0.15) is 0 Å². The van der Waals surface area contributed by atoms with Crippen molar-refractivity contribution >= 4 is 41.8 Å². The van der Waals surface area contributed by atoms with Crippen molar-refractivity contribution in [2.24, 2.45) is 14.1 Å². The molecule has 31 heavy (non-hydrogen) atoms. The fourth-order valence-corrected chi connectivity index (χ4v) is 3.71. The van der Waals surface area contributed by atoms with E-state index < -0.39 is 11.2 Å². The fraction of sp³-hybridized carbons (Fsp3) is 0.300. The zero-order valence-corrected chi connectivity index (χ0v) is 18.5. The van der Waals surface area contributed by atoms with Crippen LogP contribution in [0.3, 0.4) is 0 Å². The van der Waals surface area contributed by atoms with Gasteiger partial charge in [-0.3, -0.25) is 18.7 Å². The Kier molecular flexibility index (Phi) is 7.58. The summed E-state index contributed by atoms with van der Waals surface area (Å²) >= 11 is 0. The Morgan fingerprint density at radius 3 is 2.61 bits per heavy atom. The Morgan fingerprint density at radius 1 is 1.16 bits per heavy atom. The van der Waals surface area contributed by atoms with Crippen LogP contribution in [0, 0.1) is 5.82 Å². The first-order chi connectivity index (χ1) is 13.9. The van der Waals surface area contributed by atoms with Crippen LogP contribution in [0.2, 0.25) is 0 Å². The van der Waals surface area contributed by atoms with Crippen LogP contribution in [-0.2, 0) is 14.1 Å². The number of fused-ring (bicyclic) bond motifs is 1. The summed E-state index contributed by atoms with van der Waals surface area (Å²) in [5, 5.41) is 3.42. The van der Waals surface area contributed by atoms with Gasteiger partial charge in [0.25, 0.3) is 11.5 Å². The highest BCUT2D eigenvalue weighted by Crippen LogP contribution is 2.25. The lowest BCUT2D eigenvalue weighted by Crippen LogP contribution is -2.48. The largest absolute Gasteiger partial charge is 0.332 e. The average molecular weight is 470 g/mol. The summed E-state index contributed by atoms with van der Waals surface area (Å²) in [6, 6.07) is 7.30. The van der Waals surface area contributed by atoms with Gasteiger partial charge in [-0.25, -0.2) is 14.2 Å². The first-order valence-electron chi connectivity index (χ1n) is 9.21. The fourth-order valence-electron chi connectivity index (χ4n) is 3.71. The minimum atomic E-state index is -0.507. The molecule has 166 valence electrons. The molecule has 0 saturated carbocycles.